The molecule has 0 fully saturated rings. The van der Waals surface area contributed by atoms with E-state index in [-0.39, 0.29) is 5.02 Å². The number of nitrogens with one attached hydrogen (secondary N) is 2. The Morgan fingerprint density at radius 1 is 1.12 bits per heavy atom. The molecule has 0 spiro atoms. The zero-order valence-electron chi connectivity index (χ0n) is 14.7. The number of benzene rings is 2. The number of carboxylic acids is 1. The van der Waals surface area contributed by atoms with E-state index >= 15 is 0 Å². The lowest BCUT2D eigenvalue weighted by molar-refractivity contribution is -0.145. The van der Waals surface area contributed by atoms with Crippen molar-refractivity contribution in [3.63, 3.8) is 0 Å². The van der Waals surface area contributed by atoms with E-state index in [1.807, 2.05) is 26.8 Å². The largest absolute Gasteiger partial charge is 0.478 e. The highest BCUT2D eigenvalue weighted by Gasteiger charge is 2.23. The molecule has 0 aliphatic heterocycles. The molecule has 6 nitrogen and oxygen atoms in total. The molecule has 0 saturated carbocycles. The Bertz CT molecular complexity index is 788. The second-order valence-electron chi connectivity index (χ2n) is 6.72. The summed E-state index contributed by atoms with van der Waals surface area (Å²) in [5.41, 5.74) is 0.350. The summed E-state index contributed by atoms with van der Waals surface area (Å²) in [5.74, 6) is -0.709. The average Bonchev–Trinajstić information content (AvgIpc) is 2.53. The number of anilines is 1. The van der Waals surface area contributed by atoms with Gasteiger partial charge in [0.05, 0.1) is 10.7 Å². The molecule has 0 heterocycles. The first-order valence-electron chi connectivity index (χ1n) is 7.99. The summed E-state index contributed by atoms with van der Waals surface area (Å²) in [6.45, 7) is 5.57. The number of hydrogen-bond donors (Lipinski definition) is 3. The van der Waals surface area contributed by atoms with E-state index in [9.17, 15) is 14.7 Å². The van der Waals surface area contributed by atoms with E-state index in [1.165, 1.54) is 6.07 Å². The van der Waals surface area contributed by atoms with Gasteiger partial charge < -0.3 is 20.5 Å². The molecule has 0 radical (unpaired) electrons. The summed E-state index contributed by atoms with van der Waals surface area (Å²) < 4.78 is 5.55. The smallest absolute Gasteiger partial charge is 0.349 e. The summed E-state index contributed by atoms with van der Waals surface area (Å²) in [6, 6.07) is 12.8. The number of ether oxygens (including phenoxy) is 1. The minimum atomic E-state index is -1.22. The lowest BCUT2D eigenvalue weighted by atomic mass is 10.1. The second kappa shape index (κ2) is 8.10. The van der Waals surface area contributed by atoms with Gasteiger partial charge in [-0.25, -0.2) is 9.59 Å². The van der Waals surface area contributed by atoms with Crippen LogP contribution in [0.15, 0.2) is 48.5 Å². The van der Waals surface area contributed by atoms with Gasteiger partial charge in [0, 0.05) is 11.1 Å². The fraction of sp³-hybridized carbons (Fsp3) is 0.263. The number of hydrogen-bond acceptors (Lipinski definition) is 3. The summed E-state index contributed by atoms with van der Waals surface area (Å²) >= 11 is 6.21. The Balaban J connectivity index is 2.18. The number of rotatable bonds is 5. The maximum Gasteiger partial charge on any atom is 0.349 e. The molecule has 1 unspecified atom stereocenters. The Kier molecular flexibility index (Phi) is 6.10. The van der Waals surface area contributed by atoms with Crippen molar-refractivity contribution in [3.8, 4) is 5.75 Å². The summed E-state index contributed by atoms with van der Waals surface area (Å²) in [4.78, 5) is 23.5. The maximum absolute atomic E-state index is 11.9. The topological polar surface area (TPSA) is 87.7 Å². The third-order valence-electron chi connectivity index (χ3n) is 3.25. The molecule has 0 aliphatic carbocycles. The fourth-order valence-electron chi connectivity index (χ4n) is 2.19. The number of aliphatic carboxylic acids is 1. The predicted octanol–water partition coefficient (Wildman–Crippen LogP) is 4.46. The van der Waals surface area contributed by atoms with E-state index in [0.29, 0.717) is 17.0 Å². The average molecular weight is 377 g/mol. The lowest BCUT2D eigenvalue weighted by Crippen LogP contribution is -2.43. The third kappa shape index (κ3) is 5.67. The van der Waals surface area contributed by atoms with Crippen molar-refractivity contribution in [1.29, 1.82) is 0 Å². The Morgan fingerprint density at radius 3 is 2.31 bits per heavy atom. The summed E-state index contributed by atoms with van der Waals surface area (Å²) in [7, 11) is 0. The molecule has 2 amide bonds. The molecule has 26 heavy (non-hydrogen) atoms. The first-order valence-corrected chi connectivity index (χ1v) is 8.36. The van der Waals surface area contributed by atoms with Gasteiger partial charge in [-0.05, 0) is 45.0 Å². The van der Waals surface area contributed by atoms with E-state index in [0.717, 1.165) is 0 Å². The van der Waals surface area contributed by atoms with Crippen LogP contribution in [-0.4, -0.2) is 22.6 Å². The van der Waals surface area contributed by atoms with Crippen LogP contribution in [0.1, 0.15) is 32.4 Å². The minimum absolute atomic E-state index is 0.217. The zero-order valence-corrected chi connectivity index (χ0v) is 15.5. The molecule has 0 saturated heterocycles. The van der Waals surface area contributed by atoms with Crippen LogP contribution < -0.4 is 15.4 Å². The predicted molar refractivity (Wildman–Crippen MR) is 101 cm³/mol. The highest BCUT2D eigenvalue weighted by molar-refractivity contribution is 6.33. The molecule has 0 aliphatic rings. The van der Waals surface area contributed by atoms with Gasteiger partial charge in [-0.2, -0.15) is 0 Å². The first-order chi connectivity index (χ1) is 12.2. The molecule has 2 aromatic rings. The second-order valence-corrected chi connectivity index (χ2v) is 7.12. The van der Waals surface area contributed by atoms with E-state index < -0.39 is 23.6 Å². The first kappa shape index (κ1) is 19.6. The number of carboxylic acid groups (broad SMARTS) is 1. The van der Waals surface area contributed by atoms with Gasteiger partial charge in [0.2, 0.25) is 6.10 Å². The number of para-hydroxylation sites is 1. The number of carbonyl (C=O) groups excluding carboxylic acids is 1. The molecular formula is C19H21ClN2O4. The summed E-state index contributed by atoms with van der Waals surface area (Å²) in [6.07, 6.45) is -1.22. The van der Waals surface area contributed by atoms with Crippen LogP contribution in [0.2, 0.25) is 5.02 Å². The molecular weight excluding hydrogens is 356 g/mol. The van der Waals surface area contributed by atoms with Crippen LogP contribution >= 0.6 is 11.6 Å². The SMILES string of the molecule is CC(C)(C)NC(=O)Nc1ccc(C(Oc2ccccc2)C(=O)O)cc1Cl. The fourth-order valence-corrected chi connectivity index (χ4v) is 2.42. The molecule has 2 rings (SSSR count). The van der Waals surface area contributed by atoms with Gasteiger partial charge in [0.15, 0.2) is 0 Å². The maximum atomic E-state index is 11.9. The van der Waals surface area contributed by atoms with Crippen LogP contribution in [0.3, 0.4) is 0 Å². The van der Waals surface area contributed by atoms with Crippen molar-refractivity contribution in [1.82, 2.24) is 5.32 Å². The van der Waals surface area contributed by atoms with Crippen molar-refractivity contribution in [3.05, 3.63) is 59.1 Å². The van der Waals surface area contributed by atoms with Crippen molar-refractivity contribution in [2.75, 3.05) is 5.32 Å². The Hall–Kier alpha value is -2.73. The molecule has 0 bridgehead atoms. The van der Waals surface area contributed by atoms with Crippen molar-refractivity contribution in [2.24, 2.45) is 0 Å². The van der Waals surface area contributed by atoms with Crippen LogP contribution in [-0.2, 0) is 4.79 Å². The summed E-state index contributed by atoms with van der Waals surface area (Å²) in [5, 5.41) is 15.1. The molecule has 3 N–H and O–H groups in total. The number of carbonyl (C=O) groups is 2. The Morgan fingerprint density at radius 2 is 1.77 bits per heavy atom. The van der Waals surface area contributed by atoms with E-state index in [4.69, 9.17) is 16.3 Å². The lowest BCUT2D eigenvalue weighted by Gasteiger charge is -2.21. The van der Waals surface area contributed by atoms with Gasteiger partial charge in [-0.3, -0.25) is 0 Å². The highest BCUT2D eigenvalue weighted by Crippen LogP contribution is 2.29. The van der Waals surface area contributed by atoms with Crippen LogP contribution in [0.25, 0.3) is 0 Å². The standard InChI is InChI=1S/C19H21ClN2O4/c1-19(2,3)22-18(25)21-15-10-9-12(11-14(15)20)16(17(23)24)26-13-7-5-4-6-8-13/h4-11,16H,1-3H3,(H,23,24)(H2,21,22,25). The Labute approximate surface area is 157 Å². The van der Waals surface area contributed by atoms with Gasteiger partial charge in [-0.1, -0.05) is 35.9 Å². The number of amides is 2. The van der Waals surface area contributed by atoms with Crippen LogP contribution in [0, 0.1) is 0 Å². The van der Waals surface area contributed by atoms with Gasteiger partial charge in [0.1, 0.15) is 5.75 Å². The van der Waals surface area contributed by atoms with Crippen molar-refractivity contribution < 1.29 is 19.4 Å². The number of halogens is 1. The third-order valence-corrected chi connectivity index (χ3v) is 3.57. The molecule has 1 atom stereocenters. The monoisotopic (exact) mass is 376 g/mol. The zero-order chi connectivity index (χ0) is 19.3. The normalized spacial score (nSPS) is 12.2. The highest BCUT2D eigenvalue weighted by atomic mass is 35.5. The molecule has 7 heteroatoms. The van der Waals surface area contributed by atoms with Gasteiger partial charge in [0.25, 0.3) is 0 Å². The molecule has 2 aromatic carbocycles. The van der Waals surface area contributed by atoms with Gasteiger partial charge >= 0.3 is 12.0 Å². The van der Waals surface area contributed by atoms with Crippen LogP contribution in [0.4, 0.5) is 10.5 Å². The van der Waals surface area contributed by atoms with Gasteiger partial charge in [-0.15, -0.1) is 0 Å². The van der Waals surface area contributed by atoms with Crippen LogP contribution in [0.5, 0.6) is 5.75 Å². The molecule has 0 aromatic heterocycles. The van der Waals surface area contributed by atoms with E-state index in [1.54, 1.807) is 36.4 Å². The van der Waals surface area contributed by atoms with E-state index in [2.05, 4.69) is 10.6 Å². The number of urea groups is 1. The van der Waals surface area contributed by atoms with Crippen molar-refractivity contribution in [2.45, 2.75) is 32.4 Å². The molecule has 138 valence electrons. The van der Waals surface area contributed by atoms with Crippen molar-refractivity contribution >= 4 is 29.3 Å². The quantitative estimate of drug-likeness (QED) is 0.718. The minimum Gasteiger partial charge on any atom is -0.478 e.